The predicted molar refractivity (Wildman–Crippen MR) is 77.4 cm³/mol. The zero-order valence-corrected chi connectivity index (χ0v) is 12.4. The smallest absolute Gasteiger partial charge is 0.327 e. The molecule has 1 aliphatic rings. The van der Waals surface area contributed by atoms with Gasteiger partial charge in [-0.15, -0.1) is 0 Å². The maximum Gasteiger partial charge on any atom is 0.327 e. The van der Waals surface area contributed by atoms with Gasteiger partial charge in [0.2, 0.25) is 0 Å². The van der Waals surface area contributed by atoms with Gasteiger partial charge in [0.1, 0.15) is 6.54 Å². The van der Waals surface area contributed by atoms with Crippen molar-refractivity contribution in [3.63, 3.8) is 0 Å². The van der Waals surface area contributed by atoms with E-state index in [1.54, 1.807) is 20.2 Å². The summed E-state index contributed by atoms with van der Waals surface area (Å²) in [5, 5.41) is 4.05. The molecule has 0 bridgehead atoms. The third-order valence-electron chi connectivity index (χ3n) is 3.58. The van der Waals surface area contributed by atoms with E-state index in [-0.39, 0.29) is 12.1 Å². The summed E-state index contributed by atoms with van der Waals surface area (Å²) in [7, 11) is 1.72. The number of ether oxygens (including phenoxy) is 2. The normalized spacial score (nSPS) is 16.0. The number of carbonyl (C=O) groups excluding carboxylic acids is 1. The first kappa shape index (κ1) is 15.5. The van der Waals surface area contributed by atoms with Crippen molar-refractivity contribution in [3.05, 3.63) is 22.6 Å². The Kier molecular flexibility index (Phi) is 5.32. The van der Waals surface area contributed by atoms with Gasteiger partial charge < -0.3 is 14.4 Å². The standard InChI is InChI=1S/C14H21N3O4/c1-3-21-14(19)10-17-13(18)8-11(9-15-17)16-6-4-12(20-2)5-7-16/h8-9,12H,3-7,10H2,1-2H3. The molecule has 0 atom stereocenters. The summed E-state index contributed by atoms with van der Waals surface area (Å²) in [6, 6.07) is 1.51. The second kappa shape index (κ2) is 7.21. The molecule has 2 rings (SSSR count). The van der Waals surface area contributed by atoms with Crippen LogP contribution in [0, 0.1) is 0 Å². The zero-order chi connectivity index (χ0) is 15.2. The molecule has 1 fully saturated rings. The number of hydrogen-bond acceptors (Lipinski definition) is 6. The van der Waals surface area contributed by atoms with Crippen LogP contribution in [0.2, 0.25) is 0 Å². The molecule has 116 valence electrons. The van der Waals surface area contributed by atoms with Crippen LogP contribution >= 0.6 is 0 Å². The number of anilines is 1. The quantitative estimate of drug-likeness (QED) is 0.733. The van der Waals surface area contributed by atoms with E-state index in [0.29, 0.717) is 12.7 Å². The van der Waals surface area contributed by atoms with Gasteiger partial charge in [0.05, 0.1) is 24.6 Å². The Balaban J connectivity index is 2.02. The van der Waals surface area contributed by atoms with Gasteiger partial charge in [-0.25, -0.2) is 4.68 Å². The van der Waals surface area contributed by atoms with Crippen molar-refractivity contribution in [1.29, 1.82) is 0 Å². The van der Waals surface area contributed by atoms with Crippen molar-refractivity contribution in [2.24, 2.45) is 0 Å². The average Bonchev–Trinajstić information content (AvgIpc) is 2.50. The van der Waals surface area contributed by atoms with E-state index in [2.05, 4.69) is 10.00 Å². The predicted octanol–water partition coefficient (Wildman–Crippen LogP) is 0.422. The van der Waals surface area contributed by atoms with Crippen LogP contribution in [0.5, 0.6) is 0 Å². The van der Waals surface area contributed by atoms with Crippen molar-refractivity contribution in [2.45, 2.75) is 32.4 Å². The largest absolute Gasteiger partial charge is 0.465 e. The van der Waals surface area contributed by atoms with E-state index in [4.69, 9.17) is 9.47 Å². The number of carbonyl (C=O) groups is 1. The lowest BCUT2D eigenvalue weighted by atomic mass is 10.1. The second-order valence-corrected chi connectivity index (χ2v) is 4.94. The number of rotatable bonds is 5. The van der Waals surface area contributed by atoms with E-state index in [0.717, 1.165) is 36.3 Å². The lowest BCUT2D eigenvalue weighted by molar-refractivity contribution is -0.144. The Labute approximate surface area is 123 Å². The van der Waals surface area contributed by atoms with Crippen LogP contribution in [-0.2, 0) is 20.8 Å². The molecule has 0 saturated carbocycles. The van der Waals surface area contributed by atoms with E-state index in [9.17, 15) is 9.59 Å². The lowest BCUT2D eigenvalue weighted by Gasteiger charge is -2.32. The van der Waals surface area contributed by atoms with Crippen molar-refractivity contribution in [2.75, 3.05) is 31.7 Å². The number of piperidine rings is 1. The van der Waals surface area contributed by atoms with Crippen LogP contribution < -0.4 is 10.5 Å². The third kappa shape index (κ3) is 4.04. The minimum Gasteiger partial charge on any atom is -0.465 e. The highest BCUT2D eigenvalue weighted by Crippen LogP contribution is 2.18. The molecule has 1 aliphatic heterocycles. The molecular formula is C14H21N3O4. The molecule has 0 spiro atoms. The van der Waals surface area contributed by atoms with Gasteiger partial charge >= 0.3 is 5.97 Å². The summed E-state index contributed by atoms with van der Waals surface area (Å²) in [6.07, 6.45) is 3.77. The van der Waals surface area contributed by atoms with Gasteiger partial charge in [-0.2, -0.15) is 5.10 Å². The zero-order valence-electron chi connectivity index (χ0n) is 12.4. The van der Waals surface area contributed by atoms with Gasteiger partial charge in [0.15, 0.2) is 0 Å². The molecule has 0 aromatic carbocycles. The molecule has 0 aliphatic carbocycles. The first-order valence-corrected chi connectivity index (χ1v) is 7.14. The maximum absolute atomic E-state index is 12.0. The minimum absolute atomic E-state index is 0.154. The number of nitrogens with zero attached hydrogens (tertiary/aromatic N) is 3. The van der Waals surface area contributed by atoms with Crippen molar-refractivity contribution in [3.8, 4) is 0 Å². The summed E-state index contributed by atoms with van der Waals surface area (Å²) in [4.78, 5) is 25.5. The summed E-state index contributed by atoms with van der Waals surface area (Å²) in [5.41, 5.74) is 0.490. The third-order valence-corrected chi connectivity index (χ3v) is 3.58. The highest BCUT2D eigenvalue weighted by Gasteiger charge is 2.19. The van der Waals surface area contributed by atoms with E-state index in [1.807, 2.05) is 0 Å². The molecule has 0 unspecified atom stereocenters. The lowest BCUT2D eigenvalue weighted by Crippen LogP contribution is -2.38. The monoisotopic (exact) mass is 295 g/mol. The molecule has 7 nitrogen and oxygen atoms in total. The number of hydrogen-bond donors (Lipinski definition) is 0. The van der Waals surface area contributed by atoms with Crippen LogP contribution in [0.4, 0.5) is 5.69 Å². The highest BCUT2D eigenvalue weighted by molar-refractivity contribution is 5.69. The fraction of sp³-hybridized carbons (Fsp3) is 0.643. The van der Waals surface area contributed by atoms with E-state index >= 15 is 0 Å². The Morgan fingerprint density at radius 3 is 2.71 bits per heavy atom. The van der Waals surface area contributed by atoms with Gasteiger partial charge in [-0.1, -0.05) is 0 Å². The Bertz CT molecular complexity index is 535. The van der Waals surface area contributed by atoms with Crippen LogP contribution in [0.25, 0.3) is 0 Å². The van der Waals surface area contributed by atoms with Gasteiger partial charge in [0.25, 0.3) is 5.56 Å². The van der Waals surface area contributed by atoms with E-state index in [1.165, 1.54) is 6.07 Å². The van der Waals surface area contributed by atoms with Crippen molar-refractivity contribution in [1.82, 2.24) is 9.78 Å². The van der Waals surface area contributed by atoms with Crippen molar-refractivity contribution >= 4 is 11.7 Å². The second-order valence-electron chi connectivity index (χ2n) is 4.94. The number of esters is 1. The topological polar surface area (TPSA) is 73.7 Å². The van der Waals surface area contributed by atoms with Crippen LogP contribution in [-0.4, -0.2) is 48.7 Å². The Hall–Kier alpha value is -1.89. The number of aromatic nitrogens is 2. The summed E-state index contributed by atoms with van der Waals surface area (Å²) in [6.45, 7) is 3.53. The average molecular weight is 295 g/mol. The highest BCUT2D eigenvalue weighted by atomic mass is 16.5. The maximum atomic E-state index is 12.0. The van der Waals surface area contributed by atoms with Crippen LogP contribution in [0.15, 0.2) is 17.1 Å². The fourth-order valence-corrected chi connectivity index (χ4v) is 2.39. The molecule has 21 heavy (non-hydrogen) atoms. The molecule has 2 heterocycles. The first-order valence-electron chi connectivity index (χ1n) is 7.14. The molecule has 7 heteroatoms. The molecule has 0 amide bonds. The molecule has 0 N–H and O–H groups in total. The van der Waals surface area contributed by atoms with Crippen LogP contribution in [0.3, 0.4) is 0 Å². The molecular weight excluding hydrogens is 274 g/mol. The Morgan fingerprint density at radius 1 is 1.43 bits per heavy atom. The summed E-state index contributed by atoms with van der Waals surface area (Å²) < 4.78 is 11.2. The first-order chi connectivity index (χ1) is 10.1. The molecule has 0 radical (unpaired) electrons. The Morgan fingerprint density at radius 2 is 2.14 bits per heavy atom. The van der Waals surface area contributed by atoms with Crippen molar-refractivity contribution < 1.29 is 14.3 Å². The summed E-state index contributed by atoms with van der Waals surface area (Å²) in [5.74, 6) is -0.458. The summed E-state index contributed by atoms with van der Waals surface area (Å²) >= 11 is 0. The van der Waals surface area contributed by atoms with Gasteiger partial charge in [-0.3, -0.25) is 9.59 Å². The van der Waals surface area contributed by atoms with E-state index < -0.39 is 5.97 Å². The minimum atomic E-state index is -0.458. The van der Waals surface area contributed by atoms with Gasteiger partial charge in [-0.05, 0) is 19.8 Å². The number of methoxy groups -OCH3 is 1. The molecule has 1 saturated heterocycles. The van der Waals surface area contributed by atoms with Crippen LogP contribution in [0.1, 0.15) is 19.8 Å². The fourth-order valence-electron chi connectivity index (χ4n) is 2.39. The van der Waals surface area contributed by atoms with Gasteiger partial charge in [0, 0.05) is 26.3 Å². The molecule has 1 aromatic rings. The molecule has 1 aromatic heterocycles. The SMILES string of the molecule is CCOC(=O)Cn1ncc(N2CCC(OC)CC2)cc1=O.